The number of amides is 2. The Morgan fingerprint density at radius 2 is 1.79 bits per heavy atom. The van der Waals surface area contributed by atoms with Crippen molar-refractivity contribution in [3.8, 4) is 11.5 Å². The highest BCUT2D eigenvalue weighted by molar-refractivity contribution is 7.12. The van der Waals surface area contributed by atoms with Gasteiger partial charge in [-0.25, -0.2) is 0 Å². The lowest BCUT2D eigenvalue weighted by Crippen LogP contribution is -2.46. The zero-order valence-corrected chi connectivity index (χ0v) is 19.8. The van der Waals surface area contributed by atoms with Crippen molar-refractivity contribution in [1.29, 1.82) is 0 Å². The number of fused-ring (bicyclic) bond motifs is 1. The molecule has 1 atom stereocenters. The fraction of sp³-hybridized carbons (Fsp3) is 0.360. The monoisotopic (exact) mass is 482 g/mol. The predicted octanol–water partition coefficient (Wildman–Crippen LogP) is 5.37. The molecule has 2 aliphatic rings. The standard InChI is InChI=1S/C25H26N2O4S2/c28-24(26-18-6-2-1-3-7-18)23(21-8-4-12-32-21)27(25(29)22-9-5-13-33-22)15-17-10-11-19-20(14-17)31-16-30-19/h4-5,8-14,18,23H,1-3,6-7,15-16H2,(H,26,28)/t23-/m1/s1. The van der Waals surface area contributed by atoms with E-state index in [1.54, 1.807) is 4.90 Å². The van der Waals surface area contributed by atoms with Crippen LogP contribution >= 0.6 is 22.7 Å². The van der Waals surface area contributed by atoms with E-state index in [1.165, 1.54) is 29.1 Å². The van der Waals surface area contributed by atoms with Crippen molar-refractivity contribution >= 4 is 34.5 Å². The third-order valence-electron chi connectivity index (χ3n) is 6.11. The Hall–Kier alpha value is -2.84. The molecule has 0 radical (unpaired) electrons. The number of nitrogens with zero attached hydrogens (tertiary/aromatic N) is 1. The van der Waals surface area contributed by atoms with Crippen LogP contribution in [0.3, 0.4) is 0 Å². The highest BCUT2D eigenvalue weighted by atomic mass is 32.1. The topological polar surface area (TPSA) is 67.9 Å². The van der Waals surface area contributed by atoms with Gasteiger partial charge in [0.2, 0.25) is 12.7 Å². The fourth-order valence-electron chi connectivity index (χ4n) is 4.46. The molecule has 6 nitrogen and oxygen atoms in total. The van der Waals surface area contributed by atoms with Gasteiger partial charge in [-0.2, -0.15) is 0 Å². The molecule has 1 aromatic carbocycles. The molecule has 1 saturated carbocycles. The summed E-state index contributed by atoms with van der Waals surface area (Å²) in [5, 5.41) is 7.08. The third kappa shape index (κ3) is 4.91. The molecule has 0 saturated heterocycles. The van der Waals surface area contributed by atoms with Crippen LogP contribution in [0.1, 0.15) is 58.3 Å². The van der Waals surface area contributed by atoms with Crippen LogP contribution in [-0.4, -0.2) is 29.5 Å². The first-order valence-corrected chi connectivity index (χ1v) is 13.0. The molecule has 1 N–H and O–H groups in total. The summed E-state index contributed by atoms with van der Waals surface area (Å²) in [6.07, 6.45) is 5.45. The summed E-state index contributed by atoms with van der Waals surface area (Å²) < 4.78 is 11.0. The van der Waals surface area contributed by atoms with Gasteiger partial charge in [-0.05, 0) is 53.4 Å². The zero-order valence-electron chi connectivity index (χ0n) is 18.2. The number of carbonyl (C=O) groups is 2. The smallest absolute Gasteiger partial charge is 0.265 e. The van der Waals surface area contributed by atoms with Gasteiger partial charge in [0.05, 0.1) is 4.88 Å². The van der Waals surface area contributed by atoms with Crippen molar-refractivity contribution in [3.63, 3.8) is 0 Å². The minimum atomic E-state index is -0.702. The van der Waals surface area contributed by atoms with Crippen LogP contribution in [0.4, 0.5) is 0 Å². The van der Waals surface area contributed by atoms with Crippen molar-refractivity contribution in [1.82, 2.24) is 10.2 Å². The molecule has 0 bridgehead atoms. The molecule has 2 aromatic heterocycles. The molecular weight excluding hydrogens is 456 g/mol. The van der Waals surface area contributed by atoms with Crippen LogP contribution in [0.15, 0.2) is 53.2 Å². The highest BCUT2D eigenvalue weighted by Gasteiger charge is 2.34. The first kappa shape index (κ1) is 22.0. The van der Waals surface area contributed by atoms with Gasteiger partial charge in [-0.1, -0.05) is 37.5 Å². The van der Waals surface area contributed by atoms with Crippen LogP contribution in [0.5, 0.6) is 11.5 Å². The van der Waals surface area contributed by atoms with E-state index < -0.39 is 6.04 Å². The Labute approximate surface area is 201 Å². The van der Waals surface area contributed by atoms with E-state index in [4.69, 9.17) is 9.47 Å². The number of ether oxygens (including phenoxy) is 2. The van der Waals surface area contributed by atoms with Crippen LogP contribution in [-0.2, 0) is 11.3 Å². The number of carbonyl (C=O) groups excluding carboxylic acids is 2. The van der Waals surface area contributed by atoms with E-state index >= 15 is 0 Å². The van der Waals surface area contributed by atoms with Crippen LogP contribution in [0.25, 0.3) is 0 Å². The van der Waals surface area contributed by atoms with Crippen LogP contribution in [0, 0.1) is 0 Å². The molecular formula is C25H26N2O4S2. The highest BCUT2D eigenvalue weighted by Crippen LogP contribution is 2.35. The second kappa shape index (κ2) is 9.97. The van der Waals surface area contributed by atoms with Gasteiger partial charge in [0.1, 0.15) is 6.04 Å². The van der Waals surface area contributed by atoms with E-state index in [9.17, 15) is 9.59 Å². The number of thiophene rings is 2. The van der Waals surface area contributed by atoms with E-state index in [1.807, 2.05) is 53.2 Å². The predicted molar refractivity (Wildman–Crippen MR) is 129 cm³/mol. The van der Waals surface area contributed by atoms with Gasteiger partial charge in [-0.3, -0.25) is 9.59 Å². The van der Waals surface area contributed by atoms with Crippen molar-refractivity contribution in [2.24, 2.45) is 0 Å². The van der Waals surface area contributed by atoms with E-state index in [0.717, 1.165) is 36.1 Å². The SMILES string of the molecule is O=C(NC1CCCCC1)[C@@H](c1cccs1)N(Cc1ccc2c(c1)OCO2)C(=O)c1cccs1. The molecule has 1 fully saturated rings. The van der Waals surface area contributed by atoms with Gasteiger partial charge in [0.25, 0.3) is 5.91 Å². The van der Waals surface area contributed by atoms with Crippen molar-refractivity contribution < 1.29 is 19.1 Å². The fourth-order valence-corrected chi connectivity index (χ4v) is 5.97. The number of benzene rings is 1. The lowest BCUT2D eigenvalue weighted by atomic mass is 9.95. The number of rotatable bonds is 7. The molecule has 33 heavy (non-hydrogen) atoms. The lowest BCUT2D eigenvalue weighted by molar-refractivity contribution is -0.127. The maximum atomic E-state index is 13.7. The first-order valence-electron chi connectivity index (χ1n) is 11.3. The maximum Gasteiger partial charge on any atom is 0.265 e. The molecule has 172 valence electrons. The third-order valence-corrected chi connectivity index (χ3v) is 7.89. The Kier molecular flexibility index (Phi) is 6.64. The Morgan fingerprint density at radius 1 is 1.00 bits per heavy atom. The molecule has 3 heterocycles. The largest absolute Gasteiger partial charge is 0.454 e. The summed E-state index contributed by atoms with van der Waals surface area (Å²) in [5.41, 5.74) is 0.885. The lowest BCUT2D eigenvalue weighted by Gasteiger charge is -2.32. The second-order valence-corrected chi connectivity index (χ2v) is 10.3. The van der Waals surface area contributed by atoms with Gasteiger partial charge in [0, 0.05) is 17.5 Å². The molecule has 2 amide bonds. The molecule has 1 aliphatic heterocycles. The minimum Gasteiger partial charge on any atom is -0.454 e. The summed E-state index contributed by atoms with van der Waals surface area (Å²) in [4.78, 5) is 30.5. The van der Waals surface area contributed by atoms with E-state index in [2.05, 4.69) is 5.32 Å². The Balaban J connectivity index is 1.48. The maximum absolute atomic E-state index is 13.7. The van der Waals surface area contributed by atoms with E-state index in [0.29, 0.717) is 16.4 Å². The number of nitrogens with one attached hydrogen (secondary N) is 1. The van der Waals surface area contributed by atoms with Gasteiger partial charge in [-0.15, -0.1) is 22.7 Å². The van der Waals surface area contributed by atoms with Crippen LogP contribution in [0.2, 0.25) is 0 Å². The van der Waals surface area contributed by atoms with Crippen molar-refractivity contribution in [2.75, 3.05) is 6.79 Å². The van der Waals surface area contributed by atoms with Crippen molar-refractivity contribution in [3.05, 3.63) is 68.5 Å². The number of hydrogen-bond acceptors (Lipinski definition) is 6. The summed E-state index contributed by atoms with van der Waals surface area (Å²) >= 11 is 2.89. The molecule has 0 spiro atoms. The summed E-state index contributed by atoms with van der Waals surface area (Å²) in [6.45, 7) is 0.478. The van der Waals surface area contributed by atoms with Gasteiger partial charge >= 0.3 is 0 Å². The quantitative estimate of drug-likeness (QED) is 0.492. The normalized spacial score (nSPS) is 16.4. The first-order chi connectivity index (χ1) is 16.2. The second-order valence-electron chi connectivity index (χ2n) is 8.36. The van der Waals surface area contributed by atoms with Gasteiger partial charge in [0.15, 0.2) is 11.5 Å². The average Bonchev–Trinajstić information content (AvgIpc) is 3.61. The zero-order chi connectivity index (χ0) is 22.6. The molecule has 5 rings (SSSR count). The summed E-state index contributed by atoms with van der Waals surface area (Å²) in [5.74, 6) is 1.09. The summed E-state index contributed by atoms with van der Waals surface area (Å²) in [7, 11) is 0. The van der Waals surface area contributed by atoms with Crippen LogP contribution < -0.4 is 14.8 Å². The average molecular weight is 483 g/mol. The molecule has 8 heteroatoms. The van der Waals surface area contributed by atoms with Crippen molar-refractivity contribution in [2.45, 2.75) is 50.7 Å². The molecule has 0 unspecified atom stereocenters. The molecule has 1 aliphatic carbocycles. The molecule has 3 aromatic rings. The Morgan fingerprint density at radius 3 is 2.55 bits per heavy atom. The number of hydrogen-bond donors (Lipinski definition) is 1. The minimum absolute atomic E-state index is 0.116. The van der Waals surface area contributed by atoms with E-state index in [-0.39, 0.29) is 31.2 Å². The summed E-state index contributed by atoms with van der Waals surface area (Å²) in [6, 6.07) is 12.7. The Bertz CT molecular complexity index is 1090. The van der Waals surface area contributed by atoms with Gasteiger partial charge < -0.3 is 19.7 Å².